The van der Waals surface area contributed by atoms with Gasteiger partial charge in [0.25, 0.3) is 0 Å². The molecular formula is C13H16N2O3S3. The molecule has 0 fully saturated rings. The smallest absolute Gasteiger partial charge is 0.180 e. The minimum atomic E-state index is -3.49. The average Bonchev–Trinajstić information content (AvgIpc) is 2.96. The predicted molar refractivity (Wildman–Crippen MR) is 88.4 cm³/mol. The summed E-state index contributed by atoms with van der Waals surface area (Å²) in [6.45, 7) is 1.96. The van der Waals surface area contributed by atoms with Gasteiger partial charge in [-0.25, -0.2) is 8.42 Å². The Morgan fingerprint density at radius 3 is 2.67 bits per heavy atom. The first-order valence-electron chi connectivity index (χ1n) is 6.20. The van der Waals surface area contributed by atoms with Crippen molar-refractivity contribution < 1.29 is 13.2 Å². The molecule has 0 aromatic carbocycles. The molecule has 0 saturated heterocycles. The van der Waals surface area contributed by atoms with Crippen LogP contribution in [0, 0.1) is 0 Å². The van der Waals surface area contributed by atoms with Crippen LogP contribution >= 0.6 is 22.7 Å². The molecule has 0 aliphatic heterocycles. The van der Waals surface area contributed by atoms with Gasteiger partial charge in [-0.1, -0.05) is 6.07 Å². The Bertz CT molecular complexity index is 746. The number of carbonyl (C=O) groups is 1. The Balaban J connectivity index is 2.25. The second-order valence-electron chi connectivity index (χ2n) is 4.59. The second-order valence-corrected chi connectivity index (χ2v) is 8.59. The fraction of sp³-hybridized carbons (Fsp3) is 0.308. The van der Waals surface area contributed by atoms with Crippen LogP contribution in [0.1, 0.15) is 21.5 Å². The van der Waals surface area contributed by atoms with Gasteiger partial charge in [-0.3, -0.25) is 4.79 Å². The molecule has 3 N–H and O–H groups in total. The van der Waals surface area contributed by atoms with Crippen molar-refractivity contribution in [3.8, 4) is 0 Å². The third-order valence-corrected chi connectivity index (χ3v) is 6.32. The number of nitrogen functional groups attached to an aromatic ring is 1. The first-order chi connectivity index (χ1) is 9.80. The third kappa shape index (κ3) is 3.63. The van der Waals surface area contributed by atoms with Crippen LogP contribution in [0.25, 0.3) is 0 Å². The molecule has 5 nitrogen and oxygen atoms in total. The van der Waals surface area contributed by atoms with Crippen LogP contribution in [0.4, 0.5) is 10.7 Å². The molecule has 0 unspecified atom stereocenters. The summed E-state index contributed by atoms with van der Waals surface area (Å²) in [6, 6.07) is 3.99. The highest BCUT2D eigenvalue weighted by Gasteiger charge is 2.25. The van der Waals surface area contributed by atoms with Gasteiger partial charge in [-0.05, 0) is 17.9 Å². The molecule has 2 rings (SSSR count). The first kappa shape index (κ1) is 16.0. The molecule has 114 valence electrons. The van der Waals surface area contributed by atoms with E-state index in [4.69, 9.17) is 5.73 Å². The minimum absolute atomic E-state index is 0.0314. The number of carbonyl (C=O) groups excluding carboxylic acids is 1. The van der Waals surface area contributed by atoms with E-state index in [9.17, 15) is 13.2 Å². The van der Waals surface area contributed by atoms with Gasteiger partial charge in [-0.2, -0.15) is 0 Å². The van der Waals surface area contributed by atoms with Gasteiger partial charge in [0.2, 0.25) is 0 Å². The van der Waals surface area contributed by atoms with Crippen LogP contribution in [-0.2, 0) is 16.3 Å². The molecule has 0 amide bonds. The maximum Gasteiger partial charge on any atom is 0.180 e. The SMILES string of the molecule is CC(=O)c1sc(NCCc2cccs2)c(S(C)(=O)=O)c1N. The van der Waals surface area contributed by atoms with E-state index in [2.05, 4.69) is 5.32 Å². The summed E-state index contributed by atoms with van der Waals surface area (Å²) in [5, 5.41) is 5.52. The summed E-state index contributed by atoms with van der Waals surface area (Å²) in [5.74, 6) is -0.228. The van der Waals surface area contributed by atoms with Gasteiger partial charge in [0, 0.05) is 24.6 Å². The van der Waals surface area contributed by atoms with Crippen molar-refractivity contribution in [2.75, 3.05) is 23.9 Å². The number of nitrogens with one attached hydrogen (secondary N) is 1. The Morgan fingerprint density at radius 2 is 2.14 bits per heavy atom. The minimum Gasteiger partial charge on any atom is -0.396 e. The van der Waals surface area contributed by atoms with E-state index in [0.29, 0.717) is 11.5 Å². The molecule has 21 heavy (non-hydrogen) atoms. The summed E-state index contributed by atoms with van der Waals surface area (Å²) >= 11 is 2.74. The lowest BCUT2D eigenvalue weighted by atomic mass is 10.3. The number of anilines is 2. The van der Waals surface area contributed by atoms with Gasteiger partial charge < -0.3 is 11.1 Å². The van der Waals surface area contributed by atoms with Crippen molar-refractivity contribution in [3.05, 3.63) is 27.3 Å². The van der Waals surface area contributed by atoms with Crippen LogP contribution < -0.4 is 11.1 Å². The molecule has 0 bridgehead atoms. The van der Waals surface area contributed by atoms with E-state index in [1.807, 2.05) is 17.5 Å². The monoisotopic (exact) mass is 344 g/mol. The van der Waals surface area contributed by atoms with Gasteiger partial charge in [0.05, 0.1) is 10.6 Å². The molecule has 0 spiro atoms. The van der Waals surface area contributed by atoms with E-state index in [-0.39, 0.29) is 21.2 Å². The summed E-state index contributed by atoms with van der Waals surface area (Å²) in [5.41, 5.74) is 5.88. The number of hydrogen-bond donors (Lipinski definition) is 2. The van der Waals surface area contributed by atoms with Crippen molar-refractivity contribution >= 4 is 49.0 Å². The number of hydrogen-bond acceptors (Lipinski definition) is 7. The molecule has 0 aliphatic rings. The van der Waals surface area contributed by atoms with E-state index < -0.39 is 9.84 Å². The maximum atomic E-state index is 11.9. The molecule has 8 heteroatoms. The summed E-state index contributed by atoms with van der Waals surface area (Å²) in [7, 11) is -3.49. The highest BCUT2D eigenvalue weighted by Crippen LogP contribution is 2.39. The molecule has 0 aliphatic carbocycles. The Morgan fingerprint density at radius 1 is 1.43 bits per heavy atom. The highest BCUT2D eigenvalue weighted by molar-refractivity contribution is 7.91. The van der Waals surface area contributed by atoms with Crippen molar-refractivity contribution in [2.24, 2.45) is 0 Å². The van der Waals surface area contributed by atoms with Gasteiger partial charge >= 0.3 is 0 Å². The summed E-state index contributed by atoms with van der Waals surface area (Å²) in [6.07, 6.45) is 1.88. The zero-order valence-electron chi connectivity index (χ0n) is 11.7. The summed E-state index contributed by atoms with van der Waals surface area (Å²) < 4.78 is 23.8. The lowest BCUT2D eigenvalue weighted by Gasteiger charge is -2.06. The van der Waals surface area contributed by atoms with E-state index >= 15 is 0 Å². The van der Waals surface area contributed by atoms with Gasteiger partial charge in [-0.15, -0.1) is 22.7 Å². The molecule has 2 heterocycles. The predicted octanol–water partition coefficient (Wildman–Crippen LogP) is 2.65. The molecule has 0 atom stereocenters. The zero-order valence-corrected chi connectivity index (χ0v) is 14.1. The Hall–Kier alpha value is -1.38. The highest BCUT2D eigenvalue weighted by atomic mass is 32.2. The topological polar surface area (TPSA) is 89.3 Å². The largest absolute Gasteiger partial charge is 0.396 e. The molecule has 0 radical (unpaired) electrons. The number of sulfone groups is 1. The van der Waals surface area contributed by atoms with Crippen LogP contribution in [0.5, 0.6) is 0 Å². The van der Waals surface area contributed by atoms with Crippen LogP contribution in [0.15, 0.2) is 22.4 Å². The number of Topliss-reactive ketones (excluding diaryl/α,β-unsaturated/α-hetero) is 1. The van der Waals surface area contributed by atoms with Gasteiger partial charge in [0.15, 0.2) is 15.6 Å². The third-order valence-electron chi connectivity index (χ3n) is 2.83. The van der Waals surface area contributed by atoms with E-state index in [1.54, 1.807) is 11.3 Å². The number of ketones is 1. The van der Waals surface area contributed by atoms with Crippen LogP contribution in [0.3, 0.4) is 0 Å². The Kier molecular flexibility index (Phi) is 4.70. The number of rotatable bonds is 6. The number of thiophene rings is 2. The normalized spacial score (nSPS) is 11.5. The van der Waals surface area contributed by atoms with E-state index in [1.165, 1.54) is 11.8 Å². The molecule has 2 aromatic heterocycles. The van der Waals surface area contributed by atoms with Crippen LogP contribution in [0.2, 0.25) is 0 Å². The fourth-order valence-electron chi connectivity index (χ4n) is 1.93. The zero-order chi connectivity index (χ0) is 15.6. The molecule has 2 aromatic rings. The Labute approximate surface area is 131 Å². The van der Waals surface area contributed by atoms with E-state index in [0.717, 1.165) is 24.0 Å². The number of nitrogens with two attached hydrogens (primary N) is 1. The fourth-order valence-corrected chi connectivity index (χ4v) is 5.13. The van der Waals surface area contributed by atoms with Crippen molar-refractivity contribution in [3.63, 3.8) is 0 Å². The molecular weight excluding hydrogens is 328 g/mol. The lowest BCUT2D eigenvalue weighted by molar-refractivity contribution is 0.102. The summed E-state index contributed by atoms with van der Waals surface area (Å²) in [4.78, 5) is 13.1. The van der Waals surface area contributed by atoms with Crippen molar-refractivity contribution in [1.29, 1.82) is 0 Å². The standard InChI is InChI=1S/C13H16N2O3S3/c1-8(16)11-10(14)12(21(2,17)18)13(20-11)15-6-5-9-4-3-7-19-9/h3-4,7,15H,5-6,14H2,1-2H3. The van der Waals surface area contributed by atoms with Gasteiger partial charge in [0.1, 0.15) is 9.90 Å². The van der Waals surface area contributed by atoms with Crippen LogP contribution in [-0.4, -0.2) is 27.0 Å². The lowest BCUT2D eigenvalue weighted by Crippen LogP contribution is -2.08. The average molecular weight is 344 g/mol. The van der Waals surface area contributed by atoms with Crippen molar-refractivity contribution in [1.82, 2.24) is 0 Å². The quantitative estimate of drug-likeness (QED) is 0.786. The molecule has 0 saturated carbocycles. The first-order valence-corrected chi connectivity index (χ1v) is 9.79. The van der Waals surface area contributed by atoms with Crippen molar-refractivity contribution in [2.45, 2.75) is 18.2 Å². The second kappa shape index (κ2) is 6.17. The maximum absolute atomic E-state index is 11.9.